The van der Waals surface area contributed by atoms with E-state index in [0.29, 0.717) is 13.1 Å². The maximum absolute atomic E-state index is 11.8. The molecule has 1 saturated carbocycles. The lowest BCUT2D eigenvalue weighted by atomic mass is 10.1. The Balaban J connectivity index is 1.36. The number of rotatable bonds is 5. The maximum atomic E-state index is 11.8. The van der Waals surface area contributed by atoms with Crippen molar-refractivity contribution < 1.29 is 14.6 Å². The van der Waals surface area contributed by atoms with Crippen molar-refractivity contribution in [2.45, 2.75) is 38.2 Å². The summed E-state index contributed by atoms with van der Waals surface area (Å²) in [6.45, 7) is 1.94. The van der Waals surface area contributed by atoms with Gasteiger partial charge in [0.2, 0.25) is 0 Å². The number of amides is 2. The Kier molecular flexibility index (Phi) is 4.83. The molecule has 1 aliphatic heterocycles. The number of aliphatic hydroxyl groups excluding tert-OH is 1. The number of benzene rings is 1. The van der Waals surface area contributed by atoms with Crippen molar-refractivity contribution in [3.8, 4) is 5.75 Å². The lowest BCUT2D eigenvalue weighted by Crippen LogP contribution is -2.40. The third-order valence-corrected chi connectivity index (χ3v) is 4.60. The van der Waals surface area contributed by atoms with E-state index in [1.807, 2.05) is 6.07 Å². The van der Waals surface area contributed by atoms with E-state index >= 15 is 0 Å². The summed E-state index contributed by atoms with van der Waals surface area (Å²) in [5, 5.41) is 15.4. The highest BCUT2D eigenvalue weighted by atomic mass is 16.5. The Morgan fingerprint density at radius 3 is 3.05 bits per heavy atom. The number of nitrogens with one attached hydrogen (secondary N) is 2. The molecule has 0 saturated heterocycles. The van der Waals surface area contributed by atoms with Gasteiger partial charge in [0, 0.05) is 25.4 Å². The van der Waals surface area contributed by atoms with Crippen LogP contribution in [0.4, 0.5) is 4.79 Å². The number of urea groups is 1. The minimum Gasteiger partial charge on any atom is -0.493 e. The van der Waals surface area contributed by atoms with Crippen LogP contribution >= 0.6 is 0 Å². The van der Waals surface area contributed by atoms with Crippen LogP contribution in [-0.2, 0) is 12.8 Å². The van der Waals surface area contributed by atoms with E-state index in [9.17, 15) is 9.90 Å². The van der Waals surface area contributed by atoms with E-state index in [4.69, 9.17) is 4.74 Å². The molecule has 5 heteroatoms. The lowest BCUT2D eigenvalue weighted by molar-refractivity contribution is 0.132. The fraction of sp³-hybridized carbons (Fsp3) is 0.588. The first kappa shape index (κ1) is 15.2. The second kappa shape index (κ2) is 7.01. The van der Waals surface area contributed by atoms with Crippen molar-refractivity contribution in [2.24, 2.45) is 5.92 Å². The van der Waals surface area contributed by atoms with Gasteiger partial charge in [0.25, 0.3) is 0 Å². The van der Waals surface area contributed by atoms with Crippen molar-refractivity contribution in [1.82, 2.24) is 10.6 Å². The van der Waals surface area contributed by atoms with Crippen LogP contribution in [0.15, 0.2) is 18.2 Å². The fourth-order valence-electron chi connectivity index (χ4n) is 3.26. The zero-order valence-corrected chi connectivity index (χ0v) is 12.8. The monoisotopic (exact) mass is 304 g/mol. The molecule has 3 rings (SSSR count). The Bertz CT molecular complexity index is 533. The van der Waals surface area contributed by atoms with Gasteiger partial charge in [-0.2, -0.15) is 0 Å². The number of fused-ring (bicyclic) bond motifs is 1. The van der Waals surface area contributed by atoms with Gasteiger partial charge in [-0.15, -0.1) is 0 Å². The molecule has 1 heterocycles. The highest BCUT2D eigenvalue weighted by molar-refractivity contribution is 5.73. The molecular weight excluding hydrogens is 280 g/mol. The van der Waals surface area contributed by atoms with Crippen molar-refractivity contribution in [3.63, 3.8) is 0 Å². The molecule has 0 bridgehead atoms. The Labute approximate surface area is 131 Å². The van der Waals surface area contributed by atoms with Gasteiger partial charge in [0.15, 0.2) is 0 Å². The fourth-order valence-corrected chi connectivity index (χ4v) is 3.26. The van der Waals surface area contributed by atoms with Crippen molar-refractivity contribution in [1.29, 1.82) is 0 Å². The predicted molar refractivity (Wildman–Crippen MR) is 84.1 cm³/mol. The van der Waals surface area contributed by atoms with E-state index in [1.54, 1.807) is 0 Å². The van der Waals surface area contributed by atoms with Gasteiger partial charge in [-0.25, -0.2) is 4.79 Å². The summed E-state index contributed by atoms with van der Waals surface area (Å²) in [6, 6.07) is 6.08. The zero-order chi connectivity index (χ0) is 15.4. The van der Waals surface area contributed by atoms with E-state index < -0.39 is 0 Å². The number of aliphatic hydroxyl groups is 1. The van der Waals surface area contributed by atoms with Gasteiger partial charge in [-0.1, -0.05) is 18.6 Å². The molecule has 1 fully saturated rings. The third-order valence-electron chi connectivity index (χ3n) is 4.60. The summed E-state index contributed by atoms with van der Waals surface area (Å²) in [4.78, 5) is 11.8. The number of hydrogen-bond acceptors (Lipinski definition) is 3. The summed E-state index contributed by atoms with van der Waals surface area (Å²) < 4.78 is 5.49. The van der Waals surface area contributed by atoms with Gasteiger partial charge in [0.05, 0.1) is 12.7 Å². The van der Waals surface area contributed by atoms with Gasteiger partial charge < -0.3 is 20.5 Å². The molecule has 5 nitrogen and oxygen atoms in total. The standard InChI is InChI=1S/C17H24N2O3/c20-15-3-1-2-14(15)11-19-17(21)18-8-6-12-4-5-16-13(10-12)7-9-22-16/h4-5,10,14-15,20H,1-3,6-9,11H2,(H2,18,19,21)/t14-,15+/m1/s1. The first-order valence-electron chi connectivity index (χ1n) is 8.17. The maximum Gasteiger partial charge on any atom is 0.314 e. The van der Waals surface area contributed by atoms with Gasteiger partial charge in [-0.05, 0) is 36.5 Å². The molecule has 1 aromatic rings. The lowest BCUT2D eigenvalue weighted by Gasteiger charge is -2.15. The van der Waals surface area contributed by atoms with Gasteiger partial charge in [-0.3, -0.25) is 0 Å². The highest BCUT2D eigenvalue weighted by Crippen LogP contribution is 2.26. The van der Waals surface area contributed by atoms with Crippen molar-refractivity contribution >= 4 is 6.03 Å². The number of carbonyl (C=O) groups is 1. The zero-order valence-electron chi connectivity index (χ0n) is 12.8. The molecule has 2 atom stereocenters. The molecule has 0 aromatic heterocycles. The molecule has 2 amide bonds. The number of ether oxygens (including phenoxy) is 1. The van der Waals surface area contributed by atoms with Crippen LogP contribution in [0.2, 0.25) is 0 Å². The average Bonchev–Trinajstić information content (AvgIpc) is 3.13. The minimum atomic E-state index is -0.256. The minimum absolute atomic E-state index is 0.149. The van der Waals surface area contributed by atoms with Crippen LogP contribution in [-0.4, -0.2) is 36.9 Å². The molecule has 1 aromatic carbocycles. The van der Waals surface area contributed by atoms with Crippen molar-refractivity contribution in [2.75, 3.05) is 19.7 Å². The Morgan fingerprint density at radius 2 is 2.23 bits per heavy atom. The SMILES string of the molecule is O=C(NCCc1ccc2c(c1)CCO2)NC[C@H]1CCC[C@@H]1O. The van der Waals surface area contributed by atoms with E-state index in [2.05, 4.69) is 22.8 Å². The van der Waals surface area contributed by atoms with Crippen LogP contribution in [0.1, 0.15) is 30.4 Å². The average molecular weight is 304 g/mol. The summed E-state index contributed by atoms with van der Waals surface area (Å²) in [7, 11) is 0. The topological polar surface area (TPSA) is 70.6 Å². The molecule has 0 unspecified atom stereocenters. The number of carbonyl (C=O) groups excluding carboxylic acids is 1. The predicted octanol–water partition coefficient (Wildman–Crippen LogP) is 1.62. The first-order valence-corrected chi connectivity index (χ1v) is 8.17. The van der Waals surface area contributed by atoms with Crippen LogP contribution in [0, 0.1) is 5.92 Å². The van der Waals surface area contributed by atoms with Gasteiger partial charge in [0.1, 0.15) is 5.75 Å². The van der Waals surface area contributed by atoms with Crippen LogP contribution in [0.5, 0.6) is 5.75 Å². The summed E-state index contributed by atoms with van der Waals surface area (Å²) in [5.74, 6) is 1.20. The summed E-state index contributed by atoms with van der Waals surface area (Å²) in [6.07, 6.45) is 4.44. The number of hydrogen-bond donors (Lipinski definition) is 3. The largest absolute Gasteiger partial charge is 0.493 e. The Morgan fingerprint density at radius 1 is 1.32 bits per heavy atom. The first-order chi connectivity index (χ1) is 10.7. The second-order valence-electron chi connectivity index (χ2n) is 6.19. The van der Waals surface area contributed by atoms with Crippen LogP contribution in [0.3, 0.4) is 0 Å². The second-order valence-corrected chi connectivity index (χ2v) is 6.19. The molecule has 3 N–H and O–H groups in total. The molecule has 2 aliphatic rings. The van der Waals surface area contributed by atoms with Crippen molar-refractivity contribution in [3.05, 3.63) is 29.3 Å². The van der Waals surface area contributed by atoms with E-state index in [1.165, 1.54) is 11.1 Å². The molecular formula is C17H24N2O3. The van der Waals surface area contributed by atoms with Crippen LogP contribution < -0.4 is 15.4 Å². The highest BCUT2D eigenvalue weighted by Gasteiger charge is 2.25. The van der Waals surface area contributed by atoms with E-state index in [0.717, 1.165) is 44.5 Å². The smallest absolute Gasteiger partial charge is 0.314 e. The van der Waals surface area contributed by atoms with Gasteiger partial charge >= 0.3 is 6.03 Å². The molecule has 1 aliphatic carbocycles. The molecule has 22 heavy (non-hydrogen) atoms. The summed E-state index contributed by atoms with van der Waals surface area (Å²) >= 11 is 0. The quantitative estimate of drug-likeness (QED) is 0.774. The Hall–Kier alpha value is -1.75. The van der Waals surface area contributed by atoms with E-state index in [-0.39, 0.29) is 18.1 Å². The van der Waals surface area contributed by atoms with Crippen LogP contribution in [0.25, 0.3) is 0 Å². The normalized spacial score (nSPS) is 23.0. The molecule has 0 spiro atoms. The molecule has 120 valence electrons. The summed E-state index contributed by atoms with van der Waals surface area (Å²) in [5.41, 5.74) is 2.48. The molecule has 0 radical (unpaired) electrons. The third kappa shape index (κ3) is 3.71.